The first kappa shape index (κ1) is 16.1. The Morgan fingerprint density at radius 2 is 2.00 bits per heavy atom. The zero-order chi connectivity index (χ0) is 15.5. The maximum Gasteiger partial charge on any atom is 0.318 e. The average molecular weight is 297 g/mol. The van der Waals surface area contributed by atoms with Crippen LogP contribution < -0.4 is 10.6 Å². The van der Waals surface area contributed by atoms with E-state index in [2.05, 4.69) is 10.6 Å². The van der Waals surface area contributed by atoms with Crippen LogP contribution in [0, 0.1) is 0 Å². The molecule has 6 nitrogen and oxygen atoms in total. The number of hydrogen-bond donors (Lipinski definition) is 2. The Bertz CT molecular complexity index is 386. The number of rotatable bonds is 3. The van der Waals surface area contributed by atoms with Crippen molar-refractivity contribution in [3.63, 3.8) is 0 Å². The number of amides is 3. The lowest BCUT2D eigenvalue weighted by molar-refractivity contribution is -0.121. The van der Waals surface area contributed by atoms with Crippen LogP contribution >= 0.6 is 0 Å². The number of urea groups is 1. The molecular weight excluding hydrogens is 270 g/mol. The first-order valence-corrected chi connectivity index (χ1v) is 7.84. The molecule has 0 radical (unpaired) electrons. The van der Waals surface area contributed by atoms with Gasteiger partial charge in [-0.15, -0.1) is 0 Å². The highest BCUT2D eigenvalue weighted by Crippen LogP contribution is 2.27. The third-order valence-electron chi connectivity index (χ3n) is 3.87. The van der Waals surface area contributed by atoms with E-state index in [4.69, 9.17) is 4.74 Å². The fraction of sp³-hybridized carbons (Fsp3) is 0.867. The summed E-state index contributed by atoms with van der Waals surface area (Å²) in [6.07, 6.45) is 4.27. The highest BCUT2D eigenvalue weighted by atomic mass is 16.5. The van der Waals surface area contributed by atoms with Crippen molar-refractivity contribution in [3.05, 3.63) is 0 Å². The number of carbonyl (C=O) groups excluding carboxylic acids is 2. The molecule has 0 saturated carbocycles. The van der Waals surface area contributed by atoms with Gasteiger partial charge in [-0.1, -0.05) is 0 Å². The Labute approximate surface area is 126 Å². The first-order valence-electron chi connectivity index (χ1n) is 7.84. The monoisotopic (exact) mass is 297 g/mol. The van der Waals surface area contributed by atoms with Crippen molar-refractivity contribution in [2.45, 2.75) is 64.1 Å². The molecule has 2 aliphatic rings. The topological polar surface area (TPSA) is 70.7 Å². The summed E-state index contributed by atoms with van der Waals surface area (Å²) in [5.41, 5.74) is -0.282. The van der Waals surface area contributed by atoms with Crippen LogP contribution in [0.2, 0.25) is 0 Å². The van der Waals surface area contributed by atoms with Crippen LogP contribution in [-0.4, -0.2) is 54.2 Å². The Morgan fingerprint density at radius 3 is 2.62 bits per heavy atom. The Balaban J connectivity index is 1.80. The summed E-state index contributed by atoms with van der Waals surface area (Å²) in [4.78, 5) is 25.8. The summed E-state index contributed by atoms with van der Waals surface area (Å²) < 4.78 is 5.71. The Kier molecular flexibility index (Phi) is 5.08. The Morgan fingerprint density at radius 1 is 1.24 bits per heavy atom. The average Bonchev–Trinajstić information content (AvgIpc) is 3.03. The summed E-state index contributed by atoms with van der Waals surface area (Å²) in [6, 6.07) is 0.00948. The molecule has 120 valence electrons. The second kappa shape index (κ2) is 6.64. The summed E-state index contributed by atoms with van der Waals surface area (Å²) >= 11 is 0. The van der Waals surface area contributed by atoms with Gasteiger partial charge in [-0.3, -0.25) is 4.79 Å². The lowest BCUT2D eigenvalue weighted by Gasteiger charge is -2.29. The van der Waals surface area contributed by atoms with E-state index in [0.29, 0.717) is 0 Å². The van der Waals surface area contributed by atoms with Crippen molar-refractivity contribution in [2.75, 3.05) is 19.7 Å². The van der Waals surface area contributed by atoms with Gasteiger partial charge in [-0.2, -0.15) is 0 Å². The van der Waals surface area contributed by atoms with Crippen LogP contribution in [0.15, 0.2) is 0 Å². The number of hydrogen-bond acceptors (Lipinski definition) is 3. The van der Waals surface area contributed by atoms with E-state index < -0.39 is 0 Å². The van der Waals surface area contributed by atoms with Gasteiger partial charge in [-0.25, -0.2) is 4.79 Å². The van der Waals surface area contributed by atoms with E-state index >= 15 is 0 Å². The molecule has 21 heavy (non-hydrogen) atoms. The molecule has 2 saturated heterocycles. The summed E-state index contributed by atoms with van der Waals surface area (Å²) in [7, 11) is 0. The molecule has 2 rings (SSSR count). The zero-order valence-electron chi connectivity index (χ0n) is 13.3. The van der Waals surface area contributed by atoms with E-state index in [1.807, 2.05) is 25.7 Å². The van der Waals surface area contributed by atoms with Crippen LogP contribution in [-0.2, 0) is 9.53 Å². The van der Waals surface area contributed by atoms with Gasteiger partial charge in [0.05, 0.1) is 18.7 Å². The third-order valence-corrected chi connectivity index (χ3v) is 3.87. The quantitative estimate of drug-likeness (QED) is 0.824. The van der Waals surface area contributed by atoms with Gasteiger partial charge in [0.2, 0.25) is 5.91 Å². The predicted octanol–water partition coefficient (Wildman–Crippen LogP) is 1.25. The van der Waals surface area contributed by atoms with Crippen molar-refractivity contribution in [2.24, 2.45) is 0 Å². The lowest BCUT2D eigenvalue weighted by atomic mass is 10.1. The molecule has 2 atom stereocenters. The first-order chi connectivity index (χ1) is 9.87. The van der Waals surface area contributed by atoms with Gasteiger partial charge < -0.3 is 20.3 Å². The van der Waals surface area contributed by atoms with Crippen LogP contribution in [0.25, 0.3) is 0 Å². The van der Waals surface area contributed by atoms with E-state index in [0.717, 1.165) is 38.8 Å². The standard InChI is InChI=1S/C15H27N3O3/c1-15(2,3)17-13(19)10-16-14(20)18-8-4-6-11(18)12-7-5-9-21-12/h11-12H,4-10H2,1-3H3,(H,16,20)(H,17,19)/t11-,12-/m1/s1. The summed E-state index contributed by atoms with van der Waals surface area (Å²) in [5.74, 6) is -0.163. The maximum absolute atomic E-state index is 12.3. The van der Waals surface area contributed by atoms with Gasteiger partial charge in [0, 0.05) is 18.7 Å². The number of ether oxygens (including phenoxy) is 1. The largest absolute Gasteiger partial charge is 0.376 e. The number of nitrogens with one attached hydrogen (secondary N) is 2. The van der Waals surface area contributed by atoms with Crippen molar-refractivity contribution in [1.29, 1.82) is 0 Å². The Hall–Kier alpha value is -1.30. The summed E-state index contributed by atoms with van der Waals surface area (Å²) in [5, 5.41) is 5.55. The molecule has 0 aromatic rings. The van der Waals surface area contributed by atoms with Crippen molar-refractivity contribution >= 4 is 11.9 Å². The molecule has 0 aliphatic carbocycles. The minimum atomic E-state index is -0.282. The third kappa shape index (κ3) is 4.59. The maximum atomic E-state index is 12.3. The molecule has 2 heterocycles. The van der Waals surface area contributed by atoms with Crippen LogP contribution in [0.5, 0.6) is 0 Å². The molecule has 2 aliphatic heterocycles. The molecule has 0 unspecified atom stereocenters. The number of carbonyl (C=O) groups is 2. The van der Waals surface area contributed by atoms with Crippen LogP contribution in [0.3, 0.4) is 0 Å². The second-order valence-corrected chi connectivity index (χ2v) is 6.91. The predicted molar refractivity (Wildman–Crippen MR) is 80.0 cm³/mol. The summed E-state index contributed by atoms with van der Waals surface area (Å²) in [6.45, 7) is 7.31. The smallest absolute Gasteiger partial charge is 0.318 e. The van der Waals surface area contributed by atoms with Crippen molar-refractivity contribution in [1.82, 2.24) is 15.5 Å². The molecule has 3 amide bonds. The minimum Gasteiger partial charge on any atom is -0.376 e. The normalized spacial score (nSPS) is 26.0. The highest BCUT2D eigenvalue weighted by molar-refractivity contribution is 5.84. The minimum absolute atomic E-state index is 0.0187. The van der Waals surface area contributed by atoms with Crippen LogP contribution in [0.1, 0.15) is 46.5 Å². The van der Waals surface area contributed by atoms with Gasteiger partial charge in [0.25, 0.3) is 0 Å². The lowest BCUT2D eigenvalue weighted by Crippen LogP contribution is -2.51. The molecule has 6 heteroatoms. The number of likely N-dealkylation sites (tertiary alicyclic amines) is 1. The highest BCUT2D eigenvalue weighted by Gasteiger charge is 2.36. The molecule has 0 spiro atoms. The van der Waals surface area contributed by atoms with Crippen molar-refractivity contribution < 1.29 is 14.3 Å². The van der Waals surface area contributed by atoms with Gasteiger partial charge >= 0.3 is 6.03 Å². The van der Waals surface area contributed by atoms with Gasteiger partial charge in [-0.05, 0) is 46.5 Å². The molecule has 0 aromatic carbocycles. The zero-order valence-corrected chi connectivity index (χ0v) is 13.3. The molecule has 2 fully saturated rings. The fourth-order valence-corrected chi connectivity index (χ4v) is 3.06. The van der Waals surface area contributed by atoms with Crippen LogP contribution in [0.4, 0.5) is 4.79 Å². The molecule has 0 bridgehead atoms. The van der Waals surface area contributed by atoms with Crippen molar-refractivity contribution in [3.8, 4) is 0 Å². The fourth-order valence-electron chi connectivity index (χ4n) is 3.06. The second-order valence-electron chi connectivity index (χ2n) is 6.91. The molecular formula is C15H27N3O3. The molecule has 2 N–H and O–H groups in total. The molecule has 0 aromatic heterocycles. The van der Waals surface area contributed by atoms with E-state index in [9.17, 15) is 9.59 Å². The van der Waals surface area contributed by atoms with Gasteiger partial charge in [0.1, 0.15) is 0 Å². The van der Waals surface area contributed by atoms with E-state index in [1.165, 1.54) is 0 Å². The van der Waals surface area contributed by atoms with Gasteiger partial charge in [0.15, 0.2) is 0 Å². The van der Waals surface area contributed by atoms with E-state index in [-0.39, 0.29) is 36.2 Å². The SMILES string of the molecule is CC(C)(C)NC(=O)CNC(=O)N1CCC[C@@H]1[C@H]1CCCO1. The van der Waals surface area contributed by atoms with E-state index in [1.54, 1.807) is 0 Å². The number of nitrogens with zero attached hydrogens (tertiary/aromatic N) is 1.